The van der Waals surface area contributed by atoms with Crippen molar-refractivity contribution in [2.75, 3.05) is 65.7 Å². The van der Waals surface area contributed by atoms with Crippen LogP contribution in [0.2, 0.25) is 0 Å². The van der Waals surface area contributed by atoms with Gasteiger partial charge in [0.1, 0.15) is 6.04 Å². The number of carbonyl (C=O) groups is 5. The Bertz CT molecular complexity index is 1530. The minimum Gasteiger partial charge on any atom is -0.379 e. The van der Waals surface area contributed by atoms with E-state index in [9.17, 15) is 32.4 Å². The summed E-state index contributed by atoms with van der Waals surface area (Å²) in [6.07, 6.45) is 4.65. The van der Waals surface area contributed by atoms with Crippen molar-refractivity contribution in [3.05, 3.63) is 48.6 Å². The summed E-state index contributed by atoms with van der Waals surface area (Å²) in [5.74, 6) is -11.4. The van der Waals surface area contributed by atoms with Gasteiger partial charge in [-0.15, -0.1) is 6.58 Å². The van der Waals surface area contributed by atoms with Gasteiger partial charge in [-0.25, -0.2) is 0 Å². The van der Waals surface area contributed by atoms with E-state index in [4.69, 9.17) is 9.47 Å². The van der Waals surface area contributed by atoms with Gasteiger partial charge in [-0.3, -0.25) is 28.9 Å². The number of ether oxygens (including phenoxy) is 2. The fourth-order valence-electron chi connectivity index (χ4n) is 6.51. The maximum atomic E-state index is 15.5. The lowest BCUT2D eigenvalue weighted by Crippen LogP contribution is -2.61. The number of halogens is 2. The van der Waals surface area contributed by atoms with Crippen molar-refractivity contribution in [3.8, 4) is 0 Å². The second kappa shape index (κ2) is 20.1. The van der Waals surface area contributed by atoms with Gasteiger partial charge < -0.3 is 25.4 Å². The summed E-state index contributed by atoms with van der Waals surface area (Å²) in [6.45, 7) is 5.98. The summed E-state index contributed by atoms with van der Waals surface area (Å²) in [6, 6.07) is 2.06. The molecule has 3 amide bonds. The first-order chi connectivity index (χ1) is 25.3. The summed E-state index contributed by atoms with van der Waals surface area (Å²) in [4.78, 5) is 69.1. The van der Waals surface area contributed by atoms with Crippen molar-refractivity contribution in [1.29, 1.82) is 0 Å². The highest BCUT2D eigenvalue weighted by molar-refractivity contribution is 7.87. The average Bonchev–Trinajstić information content (AvgIpc) is 3.17. The zero-order valence-corrected chi connectivity index (χ0v) is 30.6. The topological polar surface area (TPSA) is 193 Å². The van der Waals surface area contributed by atoms with Gasteiger partial charge in [-0.05, 0) is 18.8 Å². The zero-order chi connectivity index (χ0) is 38.4. The molecule has 0 aromatic heterocycles. The lowest BCUT2D eigenvalue weighted by molar-refractivity contribution is -0.160. The van der Waals surface area contributed by atoms with Gasteiger partial charge in [-0.1, -0.05) is 68.5 Å². The molecule has 2 saturated heterocycles. The Balaban J connectivity index is 1.51. The maximum Gasteiger partial charge on any atom is 0.383 e. The summed E-state index contributed by atoms with van der Waals surface area (Å²) in [5.41, 5.74) is 0.00523. The number of nitrogens with zero attached hydrogens (tertiary/aromatic N) is 2. The number of hydrogen-bond donors (Lipinski definition) is 4. The number of ketones is 2. The van der Waals surface area contributed by atoms with Crippen molar-refractivity contribution in [2.24, 2.45) is 5.92 Å². The predicted molar refractivity (Wildman–Crippen MR) is 189 cm³/mol. The second-order valence-electron chi connectivity index (χ2n) is 13.3. The molecular formula is C35H50F2N6O9S. The Labute approximate surface area is 308 Å². The van der Waals surface area contributed by atoms with E-state index in [2.05, 4.69) is 27.3 Å². The Morgan fingerprint density at radius 2 is 1.49 bits per heavy atom. The van der Waals surface area contributed by atoms with Gasteiger partial charge in [-0.2, -0.15) is 26.2 Å². The Hall–Kier alpha value is -3.68. The van der Waals surface area contributed by atoms with E-state index in [0.29, 0.717) is 39.1 Å². The highest BCUT2D eigenvalue weighted by atomic mass is 32.2. The molecule has 3 atom stereocenters. The van der Waals surface area contributed by atoms with E-state index in [0.717, 1.165) is 23.6 Å². The summed E-state index contributed by atoms with van der Waals surface area (Å²) in [7, 11) is -4.41. The first-order valence-electron chi connectivity index (χ1n) is 18.0. The number of carbonyl (C=O) groups excluding carboxylic acids is 5. The molecule has 15 nitrogen and oxygen atoms in total. The van der Waals surface area contributed by atoms with Crippen LogP contribution < -0.4 is 20.7 Å². The van der Waals surface area contributed by atoms with Gasteiger partial charge in [0.2, 0.25) is 17.6 Å². The van der Waals surface area contributed by atoms with Gasteiger partial charge in [0.25, 0.3) is 16.1 Å². The van der Waals surface area contributed by atoms with E-state index in [-0.39, 0.29) is 63.7 Å². The van der Waals surface area contributed by atoms with Crippen LogP contribution in [0.1, 0.15) is 55.3 Å². The van der Waals surface area contributed by atoms with Crippen molar-refractivity contribution >= 4 is 39.5 Å². The van der Waals surface area contributed by atoms with Crippen molar-refractivity contribution in [2.45, 2.75) is 69.0 Å². The molecule has 0 unspecified atom stereocenters. The molecule has 0 radical (unpaired) electrons. The van der Waals surface area contributed by atoms with Crippen molar-refractivity contribution in [1.82, 2.24) is 29.9 Å². The maximum absolute atomic E-state index is 15.5. The van der Waals surface area contributed by atoms with Crippen LogP contribution in [0.5, 0.6) is 0 Å². The molecule has 2 aliphatic heterocycles. The minimum absolute atomic E-state index is 0.00523. The predicted octanol–water partition coefficient (Wildman–Crippen LogP) is 0.573. The third-order valence-electron chi connectivity index (χ3n) is 9.53. The van der Waals surface area contributed by atoms with Crippen molar-refractivity contribution in [3.63, 3.8) is 0 Å². The van der Waals surface area contributed by atoms with Crippen LogP contribution in [0.25, 0.3) is 0 Å². The largest absolute Gasteiger partial charge is 0.383 e. The SMILES string of the molecule is C=CC[C@H](NC(=O)[C@H](NS(=O)(=O)N1CCOCC1)C(=O)c1ccccc1)C(=O)N[C@@H](CC1CCCCC1)C(=O)C(F)(F)C(=O)NCCN1CCOCC1. The van der Waals surface area contributed by atoms with Gasteiger partial charge in [0.15, 0.2) is 11.8 Å². The smallest absolute Gasteiger partial charge is 0.379 e. The lowest BCUT2D eigenvalue weighted by atomic mass is 9.83. The molecule has 3 fully saturated rings. The van der Waals surface area contributed by atoms with Gasteiger partial charge >= 0.3 is 5.92 Å². The fraction of sp³-hybridized carbons (Fsp3) is 0.629. The number of benzene rings is 1. The summed E-state index contributed by atoms with van der Waals surface area (Å²) < 4.78 is 71.2. The van der Waals surface area contributed by atoms with Crippen LogP contribution in [-0.4, -0.2) is 137 Å². The molecule has 4 N–H and O–H groups in total. The Morgan fingerprint density at radius 1 is 0.887 bits per heavy atom. The molecule has 294 valence electrons. The van der Waals surface area contributed by atoms with E-state index in [1.165, 1.54) is 30.3 Å². The summed E-state index contributed by atoms with van der Waals surface area (Å²) in [5, 5.41) is 6.84. The molecule has 2 heterocycles. The average molecular weight is 769 g/mol. The first-order valence-corrected chi connectivity index (χ1v) is 19.4. The third kappa shape index (κ3) is 12.2. The molecule has 53 heavy (non-hydrogen) atoms. The zero-order valence-electron chi connectivity index (χ0n) is 29.7. The number of nitrogens with one attached hydrogen (secondary N) is 4. The molecule has 0 spiro atoms. The number of amides is 3. The standard InChI is InChI=1S/C35H50F2N6O9S/c1-2-9-27(39-33(47)29(30(44)26-12-7-4-8-13-26)41-53(49,50)43-18-22-52-23-19-43)32(46)40-28(24-25-10-5-3-6-11-25)31(45)35(36,37)34(48)38-14-15-42-16-20-51-21-17-42/h2,4,7-8,12-13,25,27-29,41H,1,3,5-6,9-11,14-24H2,(H,38,48)(H,39,47)(H,40,46)/t27-,28-,29+/m0/s1. The normalized spacial score (nSPS) is 19.7. The number of alkyl halides is 2. The Morgan fingerprint density at radius 3 is 2.11 bits per heavy atom. The highest BCUT2D eigenvalue weighted by Gasteiger charge is 2.51. The van der Waals surface area contributed by atoms with Crippen LogP contribution in [-0.2, 0) is 38.9 Å². The molecule has 0 bridgehead atoms. The Kier molecular flexibility index (Phi) is 16.0. The third-order valence-corrected chi connectivity index (χ3v) is 11.1. The van der Waals surface area contributed by atoms with Crippen LogP contribution in [0.3, 0.4) is 0 Å². The second-order valence-corrected chi connectivity index (χ2v) is 15.0. The fourth-order valence-corrected chi connectivity index (χ4v) is 7.80. The molecule has 1 aliphatic carbocycles. The van der Waals surface area contributed by atoms with Crippen LogP contribution >= 0.6 is 0 Å². The molecule has 18 heteroatoms. The van der Waals surface area contributed by atoms with Crippen molar-refractivity contribution < 1.29 is 50.6 Å². The monoisotopic (exact) mass is 768 g/mol. The molecule has 4 rings (SSSR count). The van der Waals surface area contributed by atoms with E-state index in [1.807, 2.05) is 4.90 Å². The molecule has 1 aromatic carbocycles. The van der Waals surface area contributed by atoms with Gasteiger partial charge in [0.05, 0.1) is 32.5 Å². The van der Waals surface area contributed by atoms with Gasteiger partial charge in [0, 0.05) is 44.8 Å². The number of hydrogen-bond acceptors (Lipinski definition) is 10. The van der Waals surface area contributed by atoms with Crippen LogP contribution in [0.15, 0.2) is 43.0 Å². The number of morpholine rings is 2. The van der Waals surface area contributed by atoms with E-state index >= 15 is 8.78 Å². The molecular weight excluding hydrogens is 718 g/mol. The lowest BCUT2D eigenvalue weighted by Gasteiger charge is -2.30. The quantitative estimate of drug-likeness (QED) is 0.0880. The molecule has 1 aromatic rings. The molecule has 3 aliphatic rings. The number of Topliss-reactive ketones (excluding diaryl/α,β-unsaturated/α-hetero) is 2. The van der Waals surface area contributed by atoms with E-state index < -0.39 is 63.5 Å². The first kappa shape index (κ1) is 42.1. The van der Waals surface area contributed by atoms with Crippen LogP contribution in [0.4, 0.5) is 8.78 Å². The highest BCUT2D eigenvalue weighted by Crippen LogP contribution is 2.29. The summed E-state index contributed by atoms with van der Waals surface area (Å²) >= 11 is 0. The van der Waals surface area contributed by atoms with Crippen LogP contribution in [0, 0.1) is 5.92 Å². The van der Waals surface area contributed by atoms with E-state index in [1.54, 1.807) is 6.07 Å². The molecule has 1 saturated carbocycles. The minimum atomic E-state index is -4.49. The number of rotatable bonds is 19.